The van der Waals surface area contributed by atoms with Crippen LogP contribution in [-0.4, -0.2) is 29.6 Å². The third kappa shape index (κ3) is 5.54. The van der Waals surface area contributed by atoms with Crippen LogP contribution in [0.5, 0.6) is 5.75 Å². The molecule has 2 aromatic rings. The van der Waals surface area contributed by atoms with E-state index >= 15 is 0 Å². The normalized spacial score (nSPS) is 12.9. The Balaban J connectivity index is 1.90. The first-order valence-electron chi connectivity index (χ1n) is 8.03. The summed E-state index contributed by atoms with van der Waals surface area (Å²) in [6.07, 6.45) is -0.722. The van der Waals surface area contributed by atoms with E-state index in [4.69, 9.17) is 4.74 Å². The number of carbonyl (C=O) groups is 2. The molecule has 0 heterocycles. The third-order valence-electron chi connectivity index (χ3n) is 3.77. The minimum absolute atomic E-state index is 0.00520. The number of amides is 1. The second kappa shape index (κ2) is 8.94. The summed E-state index contributed by atoms with van der Waals surface area (Å²) in [6.45, 7) is 1.36. The van der Waals surface area contributed by atoms with Crippen LogP contribution >= 0.6 is 0 Å². The van der Waals surface area contributed by atoms with Crippen LogP contribution in [0, 0.1) is 17.6 Å². The van der Waals surface area contributed by atoms with Crippen LogP contribution in [0.2, 0.25) is 0 Å². The van der Waals surface area contributed by atoms with Gasteiger partial charge in [0.25, 0.3) is 5.91 Å². The number of carboxylic acid groups (broad SMARTS) is 1. The Labute approximate surface area is 149 Å². The molecule has 5 nitrogen and oxygen atoms in total. The van der Waals surface area contributed by atoms with Gasteiger partial charge in [0.05, 0.1) is 5.92 Å². The number of aliphatic carboxylic acids is 1. The number of hydrogen-bond acceptors (Lipinski definition) is 3. The lowest BCUT2D eigenvalue weighted by Crippen LogP contribution is -2.41. The molecule has 2 unspecified atom stereocenters. The zero-order chi connectivity index (χ0) is 19.1. The SMILES string of the molecule is CC(Oc1ccc(F)c(F)c1)C(=O)NCC(Cc1ccccc1)C(=O)O. The molecule has 138 valence electrons. The fourth-order valence-corrected chi connectivity index (χ4v) is 2.32. The van der Waals surface area contributed by atoms with E-state index in [9.17, 15) is 23.5 Å². The molecule has 0 spiro atoms. The lowest BCUT2D eigenvalue weighted by molar-refractivity contribution is -0.141. The van der Waals surface area contributed by atoms with E-state index < -0.39 is 35.5 Å². The predicted octanol–water partition coefficient (Wildman–Crippen LogP) is 2.79. The van der Waals surface area contributed by atoms with Gasteiger partial charge >= 0.3 is 5.97 Å². The number of ether oxygens (including phenoxy) is 1. The molecule has 0 bridgehead atoms. The van der Waals surface area contributed by atoms with Gasteiger partial charge in [-0.15, -0.1) is 0 Å². The summed E-state index contributed by atoms with van der Waals surface area (Å²) in [7, 11) is 0. The van der Waals surface area contributed by atoms with Gasteiger partial charge in [-0.25, -0.2) is 8.78 Å². The second-order valence-corrected chi connectivity index (χ2v) is 5.81. The molecule has 0 saturated carbocycles. The number of halogens is 2. The van der Waals surface area contributed by atoms with E-state index in [2.05, 4.69) is 5.32 Å². The number of nitrogens with one attached hydrogen (secondary N) is 1. The van der Waals surface area contributed by atoms with Crippen LogP contribution in [0.25, 0.3) is 0 Å². The first-order chi connectivity index (χ1) is 12.4. The van der Waals surface area contributed by atoms with E-state index in [0.717, 1.165) is 17.7 Å². The smallest absolute Gasteiger partial charge is 0.308 e. The van der Waals surface area contributed by atoms with Crippen molar-refractivity contribution in [3.63, 3.8) is 0 Å². The number of hydrogen-bond donors (Lipinski definition) is 2. The van der Waals surface area contributed by atoms with Gasteiger partial charge in [-0.1, -0.05) is 30.3 Å². The first kappa shape index (κ1) is 19.4. The quantitative estimate of drug-likeness (QED) is 0.756. The molecular formula is C19H19F2NO4. The minimum Gasteiger partial charge on any atom is -0.481 e. The van der Waals surface area contributed by atoms with Crippen LogP contribution in [0.15, 0.2) is 48.5 Å². The Kier molecular flexibility index (Phi) is 6.66. The zero-order valence-electron chi connectivity index (χ0n) is 14.1. The van der Waals surface area contributed by atoms with E-state index in [-0.39, 0.29) is 18.7 Å². The third-order valence-corrected chi connectivity index (χ3v) is 3.77. The summed E-state index contributed by atoms with van der Waals surface area (Å²) < 4.78 is 31.3. The fourth-order valence-electron chi connectivity index (χ4n) is 2.32. The Morgan fingerprint density at radius 2 is 1.81 bits per heavy atom. The molecule has 2 aromatic carbocycles. The van der Waals surface area contributed by atoms with Gasteiger partial charge in [0.2, 0.25) is 0 Å². The lowest BCUT2D eigenvalue weighted by Gasteiger charge is -2.17. The number of carbonyl (C=O) groups excluding carboxylic acids is 1. The molecule has 2 N–H and O–H groups in total. The van der Waals surface area contributed by atoms with Crippen molar-refractivity contribution < 1.29 is 28.2 Å². The first-order valence-corrected chi connectivity index (χ1v) is 8.03. The van der Waals surface area contributed by atoms with Gasteiger partial charge in [0.1, 0.15) is 5.75 Å². The van der Waals surface area contributed by atoms with Crippen molar-refractivity contribution in [2.75, 3.05) is 6.54 Å². The molecular weight excluding hydrogens is 344 g/mol. The van der Waals surface area contributed by atoms with Crippen molar-refractivity contribution in [1.82, 2.24) is 5.32 Å². The maximum Gasteiger partial charge on any atom is 0.308 e. The molecule has 0 aliphatic rings. The number of benzene rings is 2. The van der Waals surface area contributed by atoms with E-state index in [1.165, 1.54) is 13.0 Å². The largest absolute Gasteiger partial charge is 0.481 e. The monoisotopic (exact) mass is 363 g/mol. The molecule has 0 radical (unpaired) electrons. The Morgan fingerprint density at radius 3 is 2.42 bits per heavy atom. The summed E-state index contributed by atoms with van der Waals surface area (Å²) in [5, 5.41) is 11.8. The Bertz CT molecular complexity index is 767. The Hall–Kier alpha value is -2.96. The van der Waals surface area contributed by atoms with Crippen LogP contribution in [0.4, 0.5) is 8.78 Å². The highest BCUT2D eigenvalue weighted by molar-refractivity contribution is 5.81. The molecule has 2 atom stereocenters. The van der Waals surface area contributed by atoms with Crippen LogP contribution in [-0.2, 0) is 16.0 Å². The summed E-state index contributed by atoms with van der Waals surface area (Å²) in [5.41, 5.74) is 0.847. The predicted molar refractivity (Wildman–Crippen MR) is 90.7 cm³/mol. The summed E-state index contributed by atoms with van der Waals surface area (Å²) in [5.74, 6) is -4.46. The van der Waals surface area contributed by atoms with Gasteiger partial charge in [-0.3, -0.25) is 9.59 Å². The lowest BCUT2D eigenvalue weighted by atomic mass is 9.99. The van der Waals surface area contributed by atoms with Crippen LogP contribution < -0.4 is 10.1 Å². The van der Waals surface area contributed by atoms with Crippen molar-refractivity contribution in [3.8, 4) is 5.75 Å². The molecule has 2 rings (SSSR count). The van der Waals surface area contributed by atoms with Gasteiger partial charge in [0, 0.05) is 12.6 Å². The maximum atomic E-state index is 13.2. The minimum atomic E-state index is -1.08. The van der Waals surface area contributed by atoms with Gasteiger partial charge < -0.3 is 15.2 Å². The van der Waals surface area contributed by atoms with E-state index in [0.29, 0.717) is 0 Å². The molecule has 0 aliphatic heterocycles. The average Bonchev–Trinajstić information content (AvgIpc) is 2.62. The van der Waals surface area contributed by atoms with Gasteiger partial charge in [-0.05, 0) is 31.0 Å². The fraction of sp³-hybridized carbons (Fsp3) is 0.263. The molecule has 7 heteroatoms. The number of carboxylic acids is 1. The zero-order valence-corrected chi connectivity index (χ0v) is 14.1. The van der Waals surface area contributed by atoms with Crippen molar-refractivity contribution in [3.05, 3.63) is 65.7 Å². The van der Waals surface area contributed by atoms with Crippen molar-refractivity contribution in [2.45, 2.75) is 19.4 Å². The molecule has 26 heavy (non-hydrogen) atoms. The summed E-state index contributed by atoms with van der Waals surface area (Å²) in [6, 6.07) is 12.0. The Morgan fingerprint density at radius 1 is 1.12 bits per heavy atom. The van der Waals surface area contributed by atoms with E-state index in [1.54, 1.807) is 0 Å². The molecule has 0 aliphatic carbocycles. The van der Waals surface area contributed by atoms with Gasteiger partial charge in [-0.2, -0.15) is 0 Å². The molecule has 0 fully saturated rings. The van der Waals surface area contributed by atoms with Crippen molar-refractivity contribution in [1.29, 1.82) is 0 Å². The highest BCUT2D eigenvalue weighted by atomic mass is 19.2. The van der Waals surface area contributed by atoms with Gasteiger partial charge in [0.15, 0.2) is 17.7 Å². The maximum absolute atomic E-state index is 13.2. The average molecular weight is 363 g/mol. The van der Waals surface area contributed by atoms with Crippen molar-refractivity contribution in [2.24, 2.45) is 5.92 Å². The standard InChI is InChI=1S/C19H19F2NO4/c1-12(26-15-7-8-16(20)17(21)10-15)18(23)22-11-14(19(24)25)9-13-5-3-2-4-6-13/h2-8,10,12,14H,9,11H2,1H3,(H,22,23)(H,24,25). The topological polar surface area (TPSA) is 75.6 Å². The van der Waals surface area contributed by atoms with Crippen LogP contribution in [0.3, 0.4) is 0 Å². The molecule has 1 amide bonds. The summed E-state index contributed by atoms with van der Waals surface area (Å²) >= 11 is 0. The molecule has 0 saturated heterocycles. The summed E-state index contributed by atoms with van der Waals surface area (Å²) in [4.78, 5) is 23.5. The van der Waals surface area contributed by atoms with Crippen molar-refractivity contribution >= 4 is 11.9 Å². The van der Waals surface area contributed by atoms with Crippen LogP contribution in [0.1, 0.15) is 12.5 Å². The highest BCUT2D eigenvalue weighted by Crippen LogP contribution is 2.17. The number of rotatable bonds is 8. The second-order valence-electron chi connectivity index (χ2n) is 5.81. The molecule has 0 aromatic heterocycles. The van der Waals surface area contributed by atoms with E-state index in [1.807, 2.05) is 30.3 Å². The highest BCUT2D eigenvalue weighted by Gasteiger charge is 2.21.